The number of para-hydroxylation sites is 1. The molecule has 1 rings (SSSR count). The fraction of sp³-hybridized carbons (Fsp3) is 0.417. The first-order valence-electron chi connectivity index (χ1n) is 5.36. The van der Waals surface area contributed by atoms with E-state index >= 15 is 0 Å². The summed E-state index contributed by atoms with van der Waals surface area (Å²) >= 11 is 0. The summed E-state index contributed by atoms with van der Waals surface area (Å²) in [4.78, 5) is 12.2. The zero-order chi connectivity index (χ0) is 13.9. The minimum Gasteiger partial charge on any atom is -0.307 e. The lowest BCUT2D eigenvalue weighted by Crippen LogP contribution is -2.48. The van der Waals surface area contributed by atoms with E-state index in [1.807, 2.05) is 0 Å². The van der Waals surface area contributed by atoms with Crippen molar-refractivity contribution in [3.05, 3.63) is 29.8 Å². The van der Waals surface area contributed by atoms with Crippen LogP contribution in [0.2, 0.25) is 0 Å². The molecule has 0 aliphatic carbocycles. The van der Waals surface area contributed by atoms with E-state index in [0.29, 0.717) is 10.5 Å². The van der Waals surface area contributed by atoms with E-state index in [4.69, 9.17) is 0 Å². The average molecular weight is 263 g/mol. The van der Waals surface area contributed by atoms with Gasteiger partial charge in [-0.1, -0.05) is 18.2 Å². The van der Waals surface area contributed by atoms with Crippen molar-refractivity contribution < 1.29 is 22.4 Å². The second-order valence-electron chi connectivity index (χ2n) is 3.76. The van der Waals surface area contributed by atoms with Gasteiger partial charge in [0, 0.05) is 12.2 Å². The summed E-state index contributed by atoms with van der Waals surface area (Å²) < 4.78 is 50.5. The van der Waals surface area contributed by atoms with Crippen LogP contribution >= 0.6 is 0 Å². The van der Waals surface area contributed by atoms with Gasteiger partial charge in [-0.15, -0.1) is 0 Å². The van der Waals surface area contributed by atoms with Crippen LogP contribution in [0.15, 0.2) is 24.3 Å². The van der Waals surface area contributed by atoms with E-state index in [1.165, 1.54) is 13.0 Å². The molecule has 0 spiro atoms. The maximum absolute atomic E-state index is 13.1. The Morgan fingerprint density at radius 3 is 2.33 bits per heavy atom. The number of hydrogen-bond acceptors (Lipinski definition) is 1. The number of hydrogen-bond donors (Lipinski definition) is 0. The topological polar surface area (TPSA) is 20.3 Å². The summed E-state index contributed by atoms with van der Waals surface area (Å²) in [6.07, 6.45) is -4.01. The van der Waals surface area contributed by atoms with Gasteiger partial charge in [0.05, 0.1) is 0 Å². The summed E-state index contributed by atoms with van der Waals surface area (Å²) in [5.74, 6) is -6.55. The Labute approximate surface area is 102 Å². The lowest BCUT2D eigenvalue weighted by molar-refractivity contribution is -0.166. The number of amides is 1. The molecule has 0 aliphatic rings. The quantitative estimate of drug-likeness (QED) is 0.764. The summed E-state index contributed by atoms with van der Waals surface area (Å²) in [5, 5.41) is 0. The predicted molar refractivity (Wildman–Crippen MR) is 60.2 cm³/mol. The highest BCUT2D eigenvalue weighted by molar-refractivity contribution is 5.99. The van der Waals surface area contributed by atoms with Crippen molar-refractivity contribution in [2.24, 2.45) is 0 Å². The van der Waals surface area contributed by atoms with Gasteiger partial charge in [-0.2, -0.15) is 8.78 Å². The van der Waals surface area contributed by atoms with Crippen LogP contribution in [0.4, 0.5) is 23.2 Å². The number of benzene rings is 1. The minimum atomic E-state index is -4.67. The Balaban J connectivity index is 3.13. The first kappa shape index (κ1) is 14.5. The van der Waals surface area contributed by atoms with Crippen molar-refractivity contribution in [3.63, 3.8) is 0 Å². The van der Waals surface area contributed by atoms with Gasteiger partial charge in [-0.25, -0.2) is 8.78 Å². The molecule has 100 valence electrons. The Bertz CT molecular complexity index is 434. The van der Waals surface area contributed by atoms with E-state index in [2.05, 4.69) is 0 Å². The van der Waals surface area contributed by atoms with Gasteiger partial charge in [0.1, 0.15) is 0 Å². The number of carbonyl (C=O) groups is 1. The summed E-state index contributed by atoms with van der Waals surface area (Å²) in [6.45, 7) is 2.96. The molecule has 18 heavy (non-hydrogen) atoms. The van der Waals surface area contributed by atoms with Gasteiger partial charge >= 0.3 is 18.3 Å². The maximum Gasteiger partial charge on any atom is 0.384 e. The number of aryl methyl sites for hydroxylation is 1. The third-order valence-corrected chi connectivity index (χ3v) is 2.53. The maximum atomic E-state index is 13.1. The van der Waals surface area contributed by atoms with Crippen LogP contribution in [0.25, 0.3) is 0 Å². The minimum absolute atomic E-state index is 0.105. The Kier molecular flexibility index (Phi) is 4.32. The molecule has 0 atom stereocenters. The SMILES string of the molecule is CCN(C(=O)C(F)(F)C(F)F)c1ccccc1C. The van der Waals surface area contributed by atoms with E-state index in [9.17, 15) is 22.4 Å². The van der Waals surface area contributed by atoms with Crippen LogP contribution in [0.5, 0.6) is 0 Å². The average Bonchev–Trinajstić information content (AvgIpc) is 2.32. The molecule has 1 amide bonds. The largest absolute Gasteiger partial charge is 0.384 e. The molecular formula is C12H13F4NO. The van der Waals surface area contributed by atoms with Crippen molar-refractivity contribution in [1.82, 2.24) is 0 Å². The third-order valence-electron chi connectivity index (χ3n) is 2.53. The molecule has 0 radical (unpaired) electrons. The monoisotopic (exact) mass is 263 g/mol. The van der Waals surface area contributed by atoms with Gasteiger partial charge < -0.3 is 4.90 Å². The molecule has 0 saturated heterocycles. The van der Waals surface area contributed by atoms with Crippen LogP contribution in [-0.2, 0) is 4.79 Å². The standard InChI is InChI=1S/C12H13F4NO/c1-3-17(9-7-5-4-6-8(9)2)11(18)12(15,16)10(13)14/h4-7,10H,3H2,1-2H3. The fourth-order valence-electron chi connectivity index (χ4n) is 1.56. The molecule has 0 saturated carbocycles. The number of nitrogens with zero attached hydrogens (tertiary/aromatic N) is 1. The second kappa shape index (κ2) is 5.37. The molecule has 0 bridgehead atoms. The molecule has 0 aliphatic heterocycles. The van der Waals surface area contributed by atoms with Crippen LogP contribution in [0.1, 0.15) is 12.5 Å². The number of halogens is 4. The highest BCUT2D eigenvalue weighted by atomic mass is 19.3. The Morgan fingerprint density at radius 2 is 1.89 bits per heavy atom. The first-order chi connectivity index (χ1) is 8.32. The van der Waals surface area contributed by atoms with Crippen molar-refractivity contribution in [3.8, 4) is 0 Å². The van der Waals surface area contributed by atoms with Crippen LogP contribution in [0, 0.1) is 6.92 Å². The summed E-state index contributed by atoms with van der Waals surface area (Å²) in [7, 11) is 0. The highest BCUT2D eigenvalue weighted by Crippen LogP contribution is 2.29. The molecule has 6 heteroatoms. The third kappa shape index (κ3) is 2.63. The van der Waals surface area contributed by atoms with E-state index in [-0.39, 0.29) is 12.2 Å². The van der Waals surface area contributed by atoms with Crippen molar-refractivity contribution >= 4 is 11.6 Å². The molecule has 1 aromatic rings. The highest BCUT2D eigenvalue weighted by Gasteiger charge is 2.51. The van der Waals surface area contributed by atoms with Crippen LogP contribution < -0.4 is 4.90 Å². The molecule has 0 heterocycles. The van der Waals surface area contributed by atoms with Gasteiger partial charge in [0.15, 0.2) is 0 Å². The normalized spacial score (nSPS) is 11.7. The second-order valence-corrected chi connectivity index (χ2v) is 3.76. The number of carbonyl (C=O) groups excluding carboxylic acids is 1. The van der Waals surface area contributed by atoms with Gasteiger partial charge in [0.25, 0.3) is 0 Å². The lowest BCUT2D eigenvalue weighted by atomic mass is 10.1. The van der Waals surface area contributed by atoms with E-state index in [0.717, 1.165) is 0 Å². The first-order valence-corrected chi connectivity index (χ1v) is 5.36. The summed E-state index contributed by atoms with van der Waals surface area (Å²) in [5.41, 5.74) is 0.781. The van der Waals surface area contributed by atoms with Crippen molar-refractivity contribution in [2.75, 3.05) is 11.4 Å². The van der Waals surface area contributed by atoms with Gasteiger partial charge in [-0.05, 0) is 25.5 Å². The van der Waals surface area contributed by atoms with Crippen molar-refractivity contribution in [2.45, 2.75) is 26.2 Å². The summed E-state index contributed by atoms with van der Waals surface area (Å²) in [6, 6.07) is 6.28. The Morgan fingerprint density at radius 1 is 1.33 bits per heavy atom. The van der Waals surface area contributed by atoms with E-state index < -0.39 is 18.3 Å². The van der Waals surface area contributed by atoms with Gasteiger partial charge in [0.2, 0.25) is 0 Å². The molecular weight excluding hydrogens is 250 g/mol. The molecule has 1 aromatic carbocycles. The lowest BCUT2D eigenvalue weighted by Gasteiger charge is -2.26. The van der Waals surface area contributed by atoms with E-state index in [1.54, 1.807) is 25.1 Å². The van der Waals surface area contributed by atoms with Gasteiger partial charge in [-0.3, -0.25) is 4.79 Å². The zero-order valence-corrected chi connectivity index (χ0v) is 9.96. The number of alkyl halides is 4. The number of anilines is 1. The van der Waals surface area contributed by atoms with Crippen LogP contribution in [0.3, 0.4) is 0 Å². The smallest absolute Gasteiger partial charge is 0.307 e. The predicted octanol–water partition coefficient (Wildman–Crippen LogP) is 3.25. The molecule has 0 aromatic heterocycles. The fourth-order valence-corrected chi connectivity index (χ4v) is 1.56. The van der Waals surface area contributed by atoms with Crippen LogP contribution in [-0.4, -0.2) is 24.8 Å². The number of rotatable bonds is 4. The molecule has 2 nitrogen and oxygen atoms in total. The molecule has 0 N–H and O–H groups in total. The zero-order valence-electron chi connectivity index (χ0n) is 9.96. The molecule has 0 fully saturated rings. The molecule has 0 unspecified atom stereocenters. The Hall–Kier alpha value is -1.59. The van der Waals surface area contributed by atoms with Crippen molar-refractivity contribution in [1.29, 1.82) is 0 Å².